The van der Waals surface area contributed by atoms with E-state index in [1.54, 1.807) is 13.0 Å². The number of ether oxygens (including phenoxy) is 1. The molecule has 0 atom stereocenters. The maximum Gasteiger partial charge on any atom is 0.241 e. The van der Waals surface area contributed by atoms with E-state index in [1.807, 2.05) is 13.8 Å². The maximum atomic E-state index is 15.2. The van der Waals surface area contributed by atoms with Crippen LogP contribution in [0.1, 0.15) is 68.8 Å². The van der Waals surface area contributed by atoms with E-state index in [-0.39, 0.29) is 34.7 Å². The van der Waals surface area contributed by atoms with Gasteiger partial charge in [-0.15, -0.1) is 0 Å². The van der Waals surface area contributed by atoms with Crippen LogP contribution in [0.25, 0.3) is 16.8 Å². The van der Waals surface area contributed by atoms with Gasteiger partial charge in [-0.25, -0.2) is 27.3 Å². The molecule has 37 heavy (non-hydrogen) atoms. The molecule has 0 bridgehead atoms. The zero-order chi connectivity index (χ0) is 26.5. The Hall–Kier alpha value is -3.45. The summed E-state index contributed by atoms with van der Waals surface area (Å²) >= 11 is 0. The van der Waals surface area contributed by atoms with Gasteiger partial charge in [0.15, 0.2) is 17.3 Å². The fraction of sp³-hybridized carbons (Fsp3) is 0.417. The van der Waals surface area contributed by atoms with Gasteiger partial charge in [-0.1, -0.05) is 19.0 Å². The average Bonchev–Trinajstić information content (AvgIpc) is 3.46. The summed E-state index contributed by atoms with van der Waals surface area (Å²) in [6, 6.07) is 3.08. The molecule has 1 fully saturated rings. The summed E-state index contributed by atoms with van der Waals surface area (Å²) in [7, 11) is -4.49. The van der Waals surface area contributed by atoms with Crippen LogP contribution in [0.15, 0.2) is 33.8 Å². The number of sulfonamides is 1. The summed E-state index contributed by atoms with van der Waals surface area (Å²) in [6.07, 6.45) is 4.49. The van der Waals surface area contributed by atoms with E-state index in [2.05, 4.69) is 20.2 Å². The molecule has 0 unspecified atom stereocenters. The molecule has 0 aliphatic heterocycles. The van der Waals surface area contributed by atoms with Crippen LogP contribution in [0.4, 0.5) is 8.78 Å². The monoisotopic (exact) mass is 532 g/mol. The smallest absolute Gasteiger partial charge is 0.241 e. The van der Waals surface area contributed by atoms with Gasteiger partial charge < -0.3 is 9.26 Å². The van der Waals surface area contributed by atoms with Crippen molar-refractivity contribution in [2.45, 2.75) is 69.3 Å². The Bertz CT molecular complexity index is 1580. The lowest BCUT2D eigenvalue weighted by Crippen LogP contribution is -2.24. The first-order valence-corrected chi connectivity index (χ1v) is 13.4. The molecule has 1 aliphatic carbocycles. The molecular weight excluding hydrogens is 506 g/mol. The van der Waals surface area contributed by atoms with E-state index in [9.17, 15) is 12.8 Å². The van der Waals surface area contributed by atoms with Gasteiger partial charge >= 0.3 is 0 Å². The van der Waals surface area contributed by atoms with Gasteiger partial charge in [0.05, 0.1) is 11.3 Å². The van der Waals surface area contributed by atoms with Gasteiger partial charge in [0.25, 0.3) is 0 Å². The molecule has 4 aromatic rings. The van der Waals surface area contributed by atoms with Gasteiger partial charge in [-0.2, -0.15) is 14.6 Å². The van der Waals surface area contributed by atoms with Crippen molar-refractivity contribution in [3.05, 3.63) is 53.4 Å². The van der Waals surface area contributed by atoms with Gasteiger partial charge in [0.2, 0.25) is 21.8 Å². The number of primary sulfonamides is 1. The van der Waals surface area contributed by atoms with Crippen LogP contribution in [0.2, 0.25) is 0 Å². The van der Waals surface area contributed by atoms with E-state index < -0.39 is 26.6 Å². The van der Waals surface area contributed by atoms with Crippen molar-refractivity contribution in [3.63, 3.8) is 0 Å². The highest BCUT2D eigenvalue weighted by Crippen LogP contribution is 2.36. The number of nitrogens with two attached hydrogens (primary N) is 1. The third-order valence-electron chi connectivity index (χ3n) is 6.52. The van der Waals surface area contributed by atoms with Crippen molar-refractivity contribution in [1.29, 1.82) is 0 Å². The second kappa shape index (κ2) is 9.45. The predicted octanol–water partition coefficient (Wildman–Crippen LogP) is 4.24. The van der Waals surface area contributed by atoms with Crippen LogP contribution in [0.5, 0.6) is 5.88 Å². The number of aromatic nitrogens is 5. The number of nitrogens with zero attached hydrogens (tertiary/aromatic N) is 5. The first kappa shape index (κ1) is 25.2. The van der Waals surface area contributed by atoms with Crippen molar-refractivity contribution in [3.8, 4) is 17.0 Å². The van der Waals surface area contributed by atoms with Crippen molar-refractivity contribution in [1.82, 2.24) is 24.7 Å². The lowest BCUT2D eigenvalue weighted by Gasteiger charge is -2.27. The molecule has 0 spiro atoms. The molecule has 0 amide bonds. The molecule has 0 radical (unpaired) electrons. The molecule has 2 N–H and O–H groups in total. The molecule has 13 heteroatoms. The molecule has 1 saturated carbocycles. The predicted molar refractivity (Wildman–Crippen MR) is 128 cm³/mol. The molecule has 1 aliphatic rings. The quantitative estimate of drug-likeness (QED) is 0.389. The highest BCUT2D eigenvalue weighted by atomic mass is 32.2. The van der Waals surface area contributed by atoms with E-state index in [4.69, 9.17) is 14.4 Å². The number of fused-ring (bicyclic) bond motifs is 1. The zero-order valence-corrected chi connectivity index (χ0v) is 21.3. The molecule has 0 saturated heterocycles. The minimum Gasteiger partial charge on any atom is -0.474 e. The number of halogens is 2. The summed E-state index contributed by atoms with van der Waals surface area (Å²) < 4.78 is 66.1. The lowest BCUT2D eigenvalue weighted by molar-refractivity contribution is 0.130. The molecule has 1 aromatic carbocycles. The molecular formula is C24H26F2N6O4S. The second-order valence-electron chi connectivity index (χ2n) is 9.53. The Kier molecular flexibility index (Phi) is 6.44. The van der Waals surface area contributed by atoms with Crippen LogP contribution in [-0.4, -0.2) is 39.3 Å². The van der Waals surface area contributed by atoms with E-state index in [0.29, 0.717) is 29.4 Å². The van der Waals surface area contributed by atoms with Gasteiger partial charge in [0.1, 0.15) is 16.8 Å². The number of hydrogen-bond donors (Lipinski definition) is 1. The Morgan fingerprint density at radius 1 is 1.19 bits per heavy atom. The van der Waals surface area contributed by atoms with Gasteiger partial charge in [-0.05, 0) is 44.7 Å². The normalized spacial score (nSPS) is 18.6. The number of benzene rings is 1. The Morgan fingerprint density at radius 2 is 1.92 bits per heavy atom. The maximum absolute atomic E-state index is 15.2. The number of aryl methyl sites for hydroxylation is 1. The third-order valence-corrected chi connectivity index (χ3v) is 7.43. The molecule has 10 nitrogen and oxygen atoms in total. The largest absolute Gasteiger partial charge is 0.474 e. The van der Waals surface area contributed by atoms with Crippen molar-refractivity contribution < 1.29 is 26.5 Å². The average molecular weight is 533 g/mol. The summed E-state index contributed by atoms with van der Waals surface area (Å²) in [5.41, 5.74) is 0.352. The van der Waals surface area contributed by atoms with Crippen LogP contribution in [0, 0.1) is 18.6 Å². The highest BCUT2D eigenvalue weighted by Gasteiger charge is 2.29. The van der Waals surface area contributed by atoms with Crippen LogP contribution in [0.3, 0.4) is 0 Å². The Morgan fingerprint density at radius 3 is 2.57 bits per heavy atom. The minimum absolute atomic E-state index is 0.109. The number of hydrogen-bond acceptors (Lipinski definition) is 8. The fourth-order valence-electron chi connectivity index (χ4n) is 4.63. The standard InChI is InChI=1S/C24H26F2N6O4S/c1-12(2)22-29-24(36-31-22)14-4-6-16(7-5-14)35-19-8-9-28-23-20(13(3)30-32(19)23)17-10-15(25)11-18(21(17)26)37(27,33)34/h8-12,14,16H,4-7H2,1-3H3,(H2,27,33,34). The first-order chi connectivity index (χ1) is 17.5. The van der Waals surface area contributed by atoms with E-state index in [0.717, 1.165) is 31.7 Å². The van der Waals surface area contributed by atoms with Crippen LogP contribution < -0.4 is 9.88 Å². The summed E-state index contributed by atoms with van der Waals surface area (Å²) in [6.45, 7) is 5.62. The van der Waals surface area contributed by atoms with E-state index in [1.165, 1.54) is 10.7 Å². The zero-order valence-electron chi connectivity index (χ0n) is 20.5. The molecule has 196 valence electrons. The lowest BCUT2D eigenvalue weighted by atomic mass is 9.87. The fourth-order valence-corrected chi connectivity index (χ4v) is 5.27. The van der Waals surface area contributed by atoms with Crippen molar-refractivity contribution in [2.75, 3.05) is 0 Å². The number of rotatable bonds is 6. The topological polar surface area (TPSA) is 138 Å². The van der Waals surface area contributed by atoms with Gasteiger partial charge in [0, 0.05) is 29.7 Å². The Labute approximate surface area is 211 Å². The molecule has 5 rings (SSSR count). The van der Waals surface area contributed by atoms with E-state index >= 15 is 4.39 Å². The van der Waals surface area contributed by atoms with Crippen LogP contribution >= 0.6 is 0 Å². The van der Waals surface area contributed by atoms with Crippen LogP contribution in [-0.2, 0) is 10.0 Å². The second-order valence-corrected chi connectivity index (χ2v) is 11.1. The van der Waals surface area contributed by atoms with Crippen molar-refractivity contribution in [2.24, 2.45) is 5.14 Å². The SMILES string of the molecule is Cc1nn2c(OC3CCC(c4nc(C(C)C)no4)CC3)ccnc2c1-c1cc(F)cc(S(N)(=O)=O)c1F. The summed E-state index contributed by atoms with van der Waals surface area (Å²) in [5.74, 6) is -0.0352. The summed E-state index contributed by atoms with van der Waals surface area (Å²) in [5, 5.41) is 13.6. The Balaban J connectivity index is 1.41. The minimum atomic E-state index is -4.49. The third kappa shape index (κ3) is 4.80. The summed E-state index contributed by atoms with van der Waals surface area (Å²) in [4.78, 5) is 7.86. The van der Waals surface area contributed by atoms with Gasteiger partial charge in [-0.3, -0.25) is 0 Å². The first-order valence-electron chi connectivity index (χ1n) is 11.9. The highest BCUT2D eigenvalue weighted by molar-refractivity contribution is 7.89. The van der Waals surface area contributed by atoms with Crippen molar-refractivity contribution >= 4 is 15.7 Å². The molecule has 3 aromatic heterocycles. The molecule has 3 heterocycles.